The van der Waals surface area contributed by atoms with Gasteiger partial charge in [0, 0.05) is 13.1 Å². The van der Waals surface area contributed by atoms with Gasteiger partial charge in [0.25, 0.3) is 0 Å². The van der Waals surface area contributed by atoms with Gasteiger partial charge in [-0.05, 0) is 19.4 Å². The third kappa shape index (κ3) is 2.90. The molecule has 2 N–H and O–H groups in total. The first-order chi connectivity index (χ1) is 8.15. The predicted molar refractivity (Wildman–Crippen MR) is 62.6 cm³/mol. The fourth-order valence-electron chi connectivity index (χ4n) is 1.52. The zero-order chi connectivity index (χ0) is 12.8. The Balaban J connectivity index is 3.19. The fraction of sp³-hybridized carbons (Fsp3) is 0.545. The van der Waals surface area contributed by atoms with E-state index in [2.05, 4.69) is 16.3 Å². The predicted octanol–water partition coefficient (Wildman–Crippen LogP) is -0.244. The Morgan fingerprint density at radius 3 is 2.24 bits per heavy atom. The fourth-order valence-corrected chi connectivity index (χ4v) is 1.52. The van der Waals surface area contributed by atoms with Crippen LogP contribution < -0.4 is 4.90 Å². The SMILES string of the molecule is Cc1nnc(N(CCO)CCO)c(C#N)c1C. The van der Waals surface area contributed by atoms with Gasteiger partial charge in [-0.15, -0.1) is 5.10 Å². The van der Waals surface area contributed by atoms with Crippen molar-refractivity contribution in [2.24, 2.45) is 0 Å². The molecule has 6 nitrogen and oxygen atoms in total. The van der Waals surface area contributed by atoms with E-state index in [0.717, 1.165) is 5.56 Å². The second-order valence-electron chi connectivity index (χ2n) is 3.66. The number of aromatic nitrogens is 2. The lowest BCUT2D eigenvalue weighted by Crippen LogP contribution is -2.31. The first-order valence-electron chi connectivity index (χ1n) is 5.36. The Bertz CT molecular complexity index is 422. The van der Waals surface area contributed by atoms with E-state index in [4.69, 9.17) is 15.5 Å². The number of anilines is 1. The van der Waals surface area contributed by atoms with Crippen LogP contribution in [0.4, 0.5) is 5.82 Å². The molecule has 1 aromatic rings. The van der Waals surface area contributed by atoms with E-state index < -0.39 is 0 Å². The lowest BCUT2D eigenvalue weighted by atomic mass is 10.1. The normalized spacial score (nSPS) is 10.1. The Kier molecular flexibility index (Phi) is 4.82. The van der Waals surface area contributed by atoms with Gasteiger partial charge >= 0.3 is 0 Å². The quantitative estimate of drug-likeness (QED) is 0.732. The maximum atomic E-state index is 9.14. The maximum Gasteiger partial charge on any atom is 0.169 e. The van der Waals surface area contributed by atoms with Crippen LogP contribution in [0.2, 0.25) is 0 Å². The molecule has 0 saturated heterocycles. The van der Waals surface area contributed by atoms with Gasteiger partial charge in [0.2, 0.25) is 0 Å². The maximum absolute atomic E-state index is 9.14. The molecule has 0 amide bonds. The number of aliphatic hydroxyl groups excluding tert-OH is 2. The van der Waals surface area contributed by atoms with Crippen LogP contribution in [0.5, 0.6) is 0 Å². The van der Waals surface area contributed by atoms with E-state index >= 15 is 0 Å². The third-order valence-electron chi connectivity index (χ3n) is 2.59. The molecule has 0 saturated carbocycles. The zero-order valence-corrected chi connectivity index (χ0v) is 10.0. The van der Waals surface area contributed by atoms with Gasteiger partial charge < -0.3 is 15.1 Å². The Morgan fingerprint density at radius 1 is 1.18 bits per heavy atom. The molecule has 92 valence electrons. The van der Waals surface area contributed by atoms with Crippen molar-refractivity contribution in [3.05, 3.63) is 16.8 Å². The van der Waals surface area contributed by atoms with Crippen LogP contribution in [0, 0.1) is 25.2 Å². The van der Waals surface area contributed by atoms with Crippen molar-refractivity contribution in [2.75, 3.05) is 31.2 Å². The van der Waals surface area contributed by atoms with Crippen molar-refractivity contribution in [1.82, 2.24) is 10.2 Å². The molecule has 0 radical (unpaired) electrons. The smallest absolute Gasteiger partial charge is 0.169 e. The summed E-state index contributed by atoms with van der Waals surface area (Å²) in [5.41, 5.74) is 1.93. The zero-order valence-electron chi connectivity index (χ0n) is 10.0. The Labute approximate surface area is 100 Å². The van der Waals surface area contributed by atoms with Crippen molar-refractivity contribution >= 4 is 5.82 Å². The molecule has 0 bridgehead atoms. The molecule has 1 aromatic heterocycles. The van der Waals surface area contributed by atoms with Gasteiger partial charge in [-0.3, -0.25) is 0 Å². The lowest BCUT2D eigenvalue weighted by molar-refractivity contribution is 0.280. The number of rotatable bonds is 5. The summed E-state index contributed by atoms with van der Waals surface area (Å²) in [5, 5.41) is 35.0. The topological polar surface area (TPSA) is 93.3 Å². The van der Waals surface area contributed by atoms with Crippen molar-refractivity contribution < 1.29 is 10.2 Å². The summed E-state index contributed by atoms with van der Waals surface area (Å²) < 4.78 is 0. The van der Waals surface area contributed by atoms with Crippen molar-refractivity contribution in [3.8, 4) is 6.07 Å². The van der Waals surface area contributed by atoms with Crippen LogP contribution in [0.3, 0.4) is 0 Å². The first kappa shape index (κ1) is 13.4. The van der Waals surface area contributed by atoms with E-state index in [1.807, 2.05) is 6.92 Å². The van der Waals surface area contributed by atoms with Crippen molar-refractivity contribution in [2.45, 2.75) is 13.8 Å². The van der Waals surface area contributed by atoms with Crippen molar-refractivity contribution in [3.63, 3.8) is 0 Å². The summed E-state index contributed by atoms with van der Waals surface area (Å²) in [5.74, 6) is 0.415. The van der Waals surface area contributed by atoms with E-state index in [9.17, 15) is 0 Å². The molecule has 0 aliphatic heterocycles. The minimum atomic E-state index is -0.0700. The highest BCUT2D eigenvalue weighted by Gasteiger charge is 2.16. The molecular weight excluding hydrogens is 220 g/mol. The van der Waals surface area contributed by atoms with Crippen LogP contribution in [0.25, 0.3) is 0 Å². The summed E-state index contributed by atoms with van der Waals surface area (Å²) in [6, 6.07) is 2.09. The largest absolute Gasteiger partial charge is 0.395 e. The van der Waals surface area contributed by atoms with E-state index in [1.54, 1.807) is 11.8 Å². The van der Waals surface area contributed by atoms with Gasteiger partial charge in [0.1, 0.15) is 11.6 Å². The molecule has 1 heterocycles. The first-order valence-corrected chi connectivity index (χ1v) is 5.36. The Hall–Kier alpha value is -1.71. The van der Waals surface area contributed by atoms with E-state index in [0.29, 0.717) is 30.2 Å². The van der Waals surface area contributed by atoms with Gasteiger partial charge in [-0.2, -0.15) is 10.4 Å². The molecule has 0 unspecified atom stereocenters. The van der Waals surface area contributed by atoms with Gasteiger partial charge in [-0.25, -0.2) is 0 Å². The molecule has 17 heavy (non-hydrogen) atoms. The van der Waals surface area contributed by atoms with Crippen LogP contribution in [-0.2, 0) is 0 Å². The second kappa shape index (κ2) is 6.13. The average molecular weight is 236 g/mol. The van der Waals surface area contributed by atoms with Gasteiger partial charge in [0.05, 0.1) is 18.9 Å². The number of aryl methyl sites for hydroxylation is 1. The summed E-state index contributed by atoms with van der Waals surface area (Å²) in [4.78, 5) is 1.65. The molecule has 0 spiro atoms. The summed E-state index contributed by atoms with van der Waals surface area (Å²) >= 11 is 0. The van der Waals surface area contributed by atoms with Crippen LogP contribution >= 0.6 is 0 Å². The monoisotopic (exact) mass is 236 g/mol. The minimum Gasteiger partial charge on any atom is -0.395 e. The highest BCUT2D eigenvalue weighted by Crippen LogP contribution is 2.20. The van der Waals surface area contributed by atoms with Crippen LogP contribution in [-0.4, -0.2) is 46.7 Å². The molecule has 0 aromatic carbocycles. The summed E-state index contributed by atoms with van der Waals surface area (Å²) in [6.45, 7) is 4.08. The third-order valence-corrected chi connectivity index (χ3v) is 2.59. The minimum absolute atomic E-state index is 0.0700. The summed E-state index contributed by atoms with van der Waals surface area (Å²) in [6.07, 6.45) is 0. The van der Waals surface area contributed by atoms with Crippen molar-refractivity contribution in [1.29, 1.82) is 5.26 Å². The highest BCUT2D eigenvalue weighted by molar-refractivity contribution is 5.57. The standard InChI is InChI=1S/C11H16N4O2/c1-8-9(2)13-14-11(10(8)7-12)15(3-5-16)4-6-17/h16-17H,3-6H2,1-2H3. The second-order valence-corrected chi connectivity index (χ2v) is 3.66. The highest BCUT2D eigenvalue weighted by atomic mass is 16.3. The van der Waals surface area contributed by atoms with E-state index in [1.165, 1.54) is 0 Å². The number of aliphatic hydroxyl groups is 2. The molecule has 0 fully saturated rings. The molecular formula is C11H16N4O2. The number of nitrogens with zero attached hydrogens (tertiary/aromatic N) is 4. The lowest BCUT2D eigenvalue weighted by Gasteiger charge is -2.22. The van der Waals surface area contributed by atoms with Crippen LogP contribution in [0.15, 0.2) is 0 Å². The molecule has 0 aliphatic carbocycles. The van der Waals surface area contributed by atoms with E-state index in [-0.39, 0.29) is 13.2 Å². The molecule has 0 aliphatic rings. The average Bonchev–Trinajstić information content (AvgIpc) is 2.32. The summed E-state index contributed by atoms with van der Waals surface area (Å²) in [7, 11) is 0. The van der Waals surface area contributed by atoms with Crippen LogP contribution in [0.1, 0.15) is 16.8 Å². The molecule has 1 rings (SSSR count). The Morgan fingerprint density at radius 2 is 1.76 bits per heavy atom. The van der Waals surface area contributed by atoms with Gasteiger partial charge in [0.15, 0.2) is 5.82 Å². The molecule has 6 heteroatoms. The van der Waals surface area contributed by atoms with Gasteiger partial charge in [-0.1, -0.05) is 0 Å². The number of hydrogen-bond acceptors (Lipinski definition) is 6. The number of nitriles is 1. The number of hydrogen-bond donors (Lipinski definition) is 2. The molecule has 0 atom stereocenters.